The van der Waals surface area contributed by atoms with Crippen molar-refractivity contribution in [1.29, 1.82) is 0 Å². The van der Waals surface area contributed by atoms with Gasteiger partial charge in [0.2, 0.25) is 5.88 Å². The minimum atomic E-state index is -4.52. The number of allylic oxidation sites excluding steroid dienone is 3. The fraction of sp³-hybridized carbons (Fsp3) is 0.464. The summed E-state index contributed by atoms with van der Waals surface area (Å²) in [5.41, 5.74) is 4.44. The van der Waals surface area contributed by atoms with E-state index in [0.717, 1.165) is 53.7 Å². The van der Waals surface area contributed by atoms with Crippen molar-refractivity contribution in [2.24, 2.45) is 12.0 Å². The van der Waals surface area contributed by atoms with Gasteiger partial charge in [0.25, 0.3) is 0 Å². The summed E-state index contributed by atoms with van der Waals surface area (Å²) >= 11 is 0. The van der Waals surface area contributed by atoms with Gasteiger partial charge >= 0.3 is 6.18 Å². The molecule has 0 unspecified atom stereocenters. The number of aryl methyl sites for hydroxylation is 1. The number of imidazole rings is 1. The molecule has 0 spiro atoms. The number of alkyl halides is 3. The molecule has 9 nitrogen and oxygen atoms in total. The first-order valence-corrected chi connectivity index (χ1v) is 13.2. The molecule has 12 heteroatoms. The Hall–Kier alpha value is -3.96. The summed E-state index contributed by atoms with van der Waals surface area (Å²) in [7, 11) is 3.54. The number of methoxy groups -OCH3 is 1. The molecule has 0 radical (unpaired) electrons. The third kappa shape index (κ3) is 5.14. The maximum absolute atomic E-state index is 13.4. The molecule has 3 aromatic rings. The first-order valence-electron chi connectivity index (χ1n) is 13.2. The maximum atomic E-state index is 13.4. The number of ether oxygens (including phenoxy) is 1. The van der Waals surface area contributed by atoms with Crippen LogP contribution in [0, 0.1) is 0 Å². The number of fused-ring (bicyclic) bond motifs is 1. The fourth-order valence-corrected chi connectivity index (χ4v) is 5.16. The molecule has 1 aliphatic heterocycles. The van der Waals surface area contributed by atoms with Crippen LogP contribution in [0.2, 0.25) is 0 Å². The second-order valence-electron chi connectivity index (χ2n) is 10.5. The third-order valence-corrected chi connectivity index (χ3v) is 7.38. The summed E-state index contributed by atoms with van der Waals surface area (Å²) in [4.78, 5) is 19.2. The number of hydrogen-bond donors (Lipinski definition) is 0. The summed E-state index contributed by atoms with van der Waals surface area (Å²) in [6.45, 7) is 10.4. The van der Waals surface area contributed by atoms with Crippen molar-refractivity contribution >= 4 is 12.3 Å². The van der Waals surface area contributed by atoms with Crippen LogP contribution in [0.25, 0.3) is 16.8 Å². The van der Waals surface area contributed by atoms with E-state index in [2.05, 4.69) is 31.6 Å². The lowest BCUT2D eigenvalue weighted by Crippen LogP contribution is -2.30. The Morgan fingerprint density at radius 2 is 1.98 bits per heavy atom. The zero-order valence-corrected chi connectivity index (χ0v) is 23.3. The quantitative estimate of drug-likeness (QED) is 0.268. The van der Waals surface area contributed by atoms with Gasteiger partial charge in [0.1, 0.15) is 23.7 Å². The van der Waals surface area contributed by atoms with Crippen LogP contribution in [0.1, 0.15) is 74.0 Å². The molecular weight excluding hydrogens is 521 g/mol. The van der Waals surface area contributed by atoms with Gasteiger partial charge in [-0.15, -0.1) is 0 Å². The highest BCUT2D eigenvalue weighted by molar-refractivity contribution is 5.72. The number of rotatable bonds is 8. The fourth-order valence-electron chi connectivity index (χ4n) is 5.16. The molecule has 4 heterocycles. The zero-order chi connectivity index (χ0) is 28.8. The van der Waals surface area contributed by atoms with Crippen molar-refractivity contribution < 1.29 is 17.9 Å². The molecule has 5 rings (SSSR count). The van der Waals surface area contributed by atoms with Crippen LogP contribution in [-0.2, 0) is 26.2 Å². The lowest BCUT2D eigenvalue weighted by Gasteiger charge is -2.29. The Morgan fingerprint density at radius 3 is 2.60 bits per heavy atom. The van der Waals surface area contributed by atoms with E-state index >= 15 is 0 Å². The minimum Gasteiger partial charge on any atom is -0.480 e. The van der Waals surface area contributed by atoms with Crippen molar-refractivity contribution in [2.75, 3.05) is 13.7 Å². The number of nitrogens with zero attached hydrogens (tertiary/aromatic N) is 8. The van der Waals surface area contributed by atoms with Crippen molar-refractivity contribution in [3.05, 3.63) is 59.0 Å². The van der Waals surface area contributed by atoms with Crippen LogP contribution in [0.15, 0.2) is 35.5 Å². The van der Waals surface area contributed by atoms with E-state index in [-0.39, 0.29) is 11.9 Å². The van der Waals surface area contributed by atoms with Crippen LogP contribution in [0.5, 0.6) is 5.88 Å². The number of aromatic nitrogens is 6. The molecule has 212 valence electrons. The molecule has 1 fully saturated rings. The summed E-state index contributed by atoms with van der Waals surface area (Å²) in [5, 5.41) is 4.87. The molecule has 3 aromatic heterocycles. The van der Waals surface area contributed by atoms with Crippen LogP contribution < -0.4 is 4.74 Å². The Balaban J connectivity index is 1.48. The lowest BCUT2D eigenvalue weighted by molar-refractivity contribution is -0.141. The largest absolute Gasteiger partial charge is 0.480 e. The monoisotopic (exact) mass is 554 g/mol. The first kappa shape index (κ1) is 27.6. The lowest BCUT2D eigenvalue weighted by atomic mass is 9.99. The van der Waals surface area contributed by atoms with Gasteiger partial charge in [-0.1, -0.05) is 6.08 Å². The number of halogens is 3. The molecule has 0 amide bonds. The molecule has 1 aliphatic carbocycles. The van der Waals surface area contributed by atoms with Crippen molar-refractivity contribution in [3.63, 3.8) is 0 Å². The molecule has 0 aromatic carbocycles. The zero-order valence-electron chi connectivity index (χ0n) is 23.3. The van der Waals surface area contributed by atoms with Gasteiger partial charge in [0, 0.05) is 56.0 Å². The molecular formula is C28H33F3N8O. The molecule has 0 saturated heterocycles. The van der Waals surface area contributed by atoms with E-state index in [1.807, 2.05) is 25.6 Å². The molecule has 1 saturated carbocycles. The molecule has 0 N–H and O–H groups in total. The summed E-state index contributed by atoms with van der Waals surface area (Å²) in [6, 6.07) is -0.188. The van der Waals surface area contributed by atoms with Crippen LogP contribution in [0.4, 0.5) is 13.2 Å². The smallest absolute Gasteiger partial charge is 0.434 e. The van der Waals surface area contributed by atoms with Crippen molar-refractivity contribution in [3.8, 4) is 17.1 Å². The second-order valence-corrected chi connectivity index (χ2v) is 10.5. The number of hydrogen-bond acceptors (Lipinski definition) is 7. The Labute approximate surface area is 231 Å². The highest BCUT2D eigenvalue weighted by Crippen LogP contribution is 2.46. The Morgan fingerprint density at radius 1 is 1.23 bits per heavy atom. The van der Waals surface area contributed by atoms with Gasteiger partial charge in [0.05, 0.1) is 18.4 Å². The highest BCUT2D eigenvalue weighted by Gasteiger charge is 2.36. The second kappa shape index (κ2) is 10.5. The summed E-state index contributed by atoms with van der Waals surface area (Å²) in [6.07, 6.45) is 4.48. The minimum absolute atomic E-state index is 0.188. The highest BCUT2D eigenvalue weighted by atomic mass is 19.4. The predicted molar refractivity (Wildman–Crippen MR) is 146 cm³/mol. The third-order valence-electron chi connectivity index (χ3n) is 7.38. The standard InChI is InChI=1S/C28H33F3N8O/c1-16(2)39-14-21(28(29,30)31)35-26(39)17(3)7-10-22(32-4)38-12-11-20-19(13-38)25(36-37(20)5)23-24(18-8-9-18)33-15-34-27(23)40-6/h7,10,14-16,18H,4,8-9,11-13H2,1-3,5-6H3/b17-7+,22-10+. The summed E-state index contributed by atoms with van der Waals surface area (Å²) < 4.78 is 49.1. The average molecular weight is 555 g/mol. The van der Waals surface area contributed by atoms with E-state index in [1.54, 1.807) is 26.2 Å². The molecule has 0 atom stereocenters. The van der Waals surface area contributed by atoms with Gasteiger partial charge in [-0.3, -0.25) is 4.68 Å². The van der Waals surface area contributed by atoms with E-state index in [1.165, 1.54) is 10.9 Å². The average Bonchev–Trinajstić information content (AvgIpc) is 3.57. The van der Waals surface area contributed by atoms with Gasteiger partial charge in [0.15, 0.2) is 5.69 Å². The Kier molecular flexibility index (Phi) is 7.28. The van der Waals surface area contributed by atoms with E-state index in [4.69, 9.17) is 9.84 Å². The SMILES string of the molecule is C=N/C(=C\C=C(/C)c1nc(C(F)(F)F)cn1C(C)C)N1CCc2c(c(-c3c(OC)ncnc3C3CC3)nn2C)C1. The van der Waals surface area contributed by atoms with Gasteiger partial charge in [-0.2, -0.15) is 18.3 Å². The van der Waals surface area contributed by atoms with E-state index < -0.39 is 11.9 Å². The van der Waals surface area contributed by atoms with Crippen molar-refractivity contribution in [1.82, 2.24) is 34.2 Å². The topological polar surface area (TPSA) is 86.2 Å². The van der Waals surface area contributed by atoms with Crippen molar-refractivity contribution in [2.45, 2.75) is 64.7 Å². The normalized spacial score (nSPS) is 16.5. The molecule has 0 bridgehead atoms. The first-order chi connectivity index (χ1) is 19.0. The van der Waals surface area contributed by atoms with Crippen LogP contribution in [0.3, 0.4) is 0 Å². The van der Waals surface area contributed by atoms with Crippen LogP contribution in [-0.4, -0.2) is 54.6 Å². The predicted octanol–water partition coefficient (Wildman–Crippen LogP) is 5.56. The van der Waals surface area contributed by atoms with Gasteiger partial charge < -0.3 is 14.2 Å². The summed E-state index contributed by atoms with van der Waals surface area (Å²) in [5.74, 6) is 1.75. The van der Waals surface area contributed by atoms with Gasteiger partial charge in [-0.05, 0) is 52.0 Å². The Bertz CT molecular complexity index is 1490. The van der Waals surface area contributed by atoms with E-state index in [9.17, 15) is 13.2 Å². The van der Waals surface area contributed by atoms with E-state index in [0.29, 0.717) is 36.3 Å². The molecule has 2 aliphatic rings. The molecule has 40 heavy (non-hydrogen) atoms. The van der Waals surface area contributed by atoms with Gasteiger partial charge in [-0.25, -0.2) is 19.9 Å². The number of aliphatic imine (C=N–C) groups is 1. The maximum Gasteiger partial charge on any atom is 0.434 e. The van der Waals surface area contributed by atoms with Crippen LogP contribution >= 0.6 is 0 Å².